The molecule has 1 heterocycles. The van der Waals surface area contributed by atoms with Crippen molar-refractivity contribution in [2.24, 2.45) is 5.73 Å². The van der Waals surface area contributed by atoms with E-state index in [-0.39, 0.29) is 28.9 Å². The minimum atomic E-state index is -1.17. The number of carboxylic acid groups (broad SMARTS) is 1. The van der Waals surface area contributed by atoms with Crippen LogP contribution >= 0.6 is 11.6 Å². The van der Waals surface area contributed by atoms with Crippen LogP contribution < -0.4 is 11.1 Å². The second kappa shape index (κ2) is 7.31. The summed E-state index contributed by atoms with van der Waals surface area (Å²) in [6, 6.07) is 5.88. The van der Waals surface area contributed by atoms with Gasteiger partial charge >= 0.3 is 5.97 Å². The van der Waals surface area contributed by atoms with E-state index in [1.165, 1.54) is 18.2 Å². The van der Waals surface area contributed by atoms with Crippen molar-refractivity contribution in [3.63, 3.8) is 0 Å². The fourth-order valence-corrected chi connectivity index (χ4v) is 2.49. The molecular formula is C17H16ClN3O4. The summed E-state index contributed by atoms with van der Waals surface area (Å²) in [5.41, 5.74) is 6.79. The maximum atomic E-state index is 12.4. The van der Waals surface area contributed by atoms with Gasteiger partial charge in [-0.2, -0.15) is 0 Å². The number of pyridine rings is 1. The molecule has 0 unspecified atom stereocenters. The van der Waals surface area contributed by atoms with Crippen molar-refractivity contribution in [2.45, 2.75) is 20.3 Å². The van der Waals surface area contributed by atoms with Crippen LogP contribution in [-0.4, -0.2) is 27.9 Å². The zero-order chi connectivity index (χ0) is 18.7. The number of nitrogens with two attached hydrogens (primary N) is 1. The lowest BCUT2D eigenvalue weighted by Crippen LogP contribution is -2.22. The number of nitrogens with one attached hydrogen (secondary N) is 1. The van der Waals surface area contributed by atoms with Gasteiger partial charge in [0.2, 0.25) is 5.91 Å². The first-order chi connectivity index (χ1) is 11.7. The van der Waals surface area contributed by atoms with Crippen molar-refractivity contribution in [1.82, 2.24) is 4.98 Å². The number of halogens is 1. The number of aryl methyl sites for hydroxylation is 1. The minimum absolute atomic E-state index is 0.0568. The van der Waals surface area contributed by atoms with Gasteiger partial charge in [-0.25, -0.2) is 4.79 Å². The highest BCUT2D eigenvalue weighted by atomic mass is 35.5. The maximum absolute atomic E-state index is 12.4. The second-order valence-electron chi connectivity index (χ2n) is 5.44. The fraction of sp³-hybridized carbons (Fsp3) is 0.176. The molecule has 0 aliphatic carbocycles. The number of hydrogen-bond donors (Lipinski definition) is 3. The molecule has 25 heavy (non-hydrogen) atoms. The van der Waals surface area contributed by atoms with Crippen molar-refractivity contribution >= 4 is 35.1 Å². The number of amides is 2. The third kappa shape index (κ3) is 4.13. The number of carbonyl (C=O) groups is 3. The summed E-state index contributed by atoms with van der Waals surface area (Å²) in [6.07, 6.45) is -0.270. The van der Waals surface area contributed by atoms with E-state index in [4.69, 9.17) is 17.3 Å². The highest BCUT2D eigenvalue weighted by molar-refractivity contribution is 6.32. The standard InChI is InChI=1S/C17H16ClN3O4/c1-8-3-4-10(17(24)25)13(20-8)7-14(22)21-15-9(2)12(18)6-5-11(15)16(19)23/h3-6H,7H2,1-2H3,(H2,19,23)(H,21,22)(H,24,25). The molecular weight excluding hydrogens is 346 g/mol. The third-order valence-corrected chi connectivity index (χ3v) is 4.01. The number of hydrogen-bond acceptors (Lipinski definition) is 4. The van der Waals surface area contributed by atoms with Gasteiger partial charge in [0.25, 0.3) is 5.91 Å². The molecule has 0 spiro atoms. The zero-order valence-electron chi connectivity index (χ0n) is 13.6. The quantitative estimate of drug-likeness (QED) is 0.754. The van der Waals surface area contributed by atoms with E-state index in [0.29, 0.717) is 16.3 Å². The van der Waals surface area contributed by atoms with Crippen molar-refractivity contribution < 1.29 is 19.5 Å². The van der Waals surface area contributed by atoms with Gasteiger partial charge in [-0.3, -0.25) is 14.6 Å². The summed E-state index contributed by atoms with van der Waals surface area (Å²) in [5.74, 6) is -2.42. The largest absolute Gasteiger partial charge is 0.478 e. The van der Waals surface area contributed by atoms with E-state index in [2.05, 4.69) is 10.3 Å². The number of benzene rings is 1. The Balaban J connectivity index is 2.34. The summed E-state index contributed by atoms with van der Waals surface area (Å²) in [7, 11) is 0. The van der Waals surface area contributed by atoms with Crippen LogP contribution in [0.3, 0.4) is 0 Å². The molecule has 0 aliphatic heterocycles. The first kappa shape index (κ1) is 18.4. The lowest BCUT2D eigenvalue weighted by molar-refractivity contribution is -0.115. The van der Waals surface area contributed by atoms with Crippen molar-refractivity contribution in [2.75, 3.05) is 5.32 Å². The molecule has 0 saturated carbocycles. The fourth-order valence-electron chi connectivity index (χ4n) is 2.33. The maximum Gasteiger partial charge on any atom is 0.337 e. The molecule has 8 heteroatoms. The van der Waals surface area contributed by atoms with E-state index in [1.807, 2.05) is 0 Å². The molecule has 2 aromatic rings. The molecule has 0 saturated heterocycles. The minimum Gasteiger partial charge on any atom is -0.478 e. The number of carbonyl (C=O) groups excluding carboxylic acids is 2. The van der Waals surface area contributed by atoms with Crippen LogP contribution in [0.1, 0.15) is 37.7 Å². The Morgan fingerprint density at radius 3 is 2.40 bits per heavy atom. The zero-order valence-corrected chi connectivity index (χ0v) is 14.3. The van der Waals surface area contributed by atoms with Gasteiger partial charge < -0.3 is 16.2 Å². The smallest absolute Gasteiger partial charge is 0.337 e. The molecule has 2 rings (SSSR count). The SMILES string of the molecule is Cc1ccc(C(=O)O)c(CC(=O)Nc2c(C(N)=O)ccc(Cl)c2C)n1. The van der Waals surface area contributed by atoms with E-state index < -0.39 is 17.8 Å². The molecule has 0 radical (unpaired) electrons. The average molecular weight is 362 g/mol. The molecule has 0 fully saturated rings. The molecule has 7 nitrogen and oxygen atoms in total. The van der Waals surface area contributed by atoms with Gasteiger partial charge in [-0.05, 0) is 43.7 Å². The Kier molecular flexibility index (Phi) is 5.38. The lowest BCUT2D eigenvalue weighted by Gasteiger charge is -2.14. The van der Waals surface area contributed by atoms with Gasteiger partial charge in [0.1, 0.15) is 0 Å². The first-order valence-electron chi connectivity index (χ1n) is 7.29. The molecule has 2 amide bonds. The van der Waals surface area contributed by atoms with Gasteiger partial charge in [0, 0.05) is 10.7 Å². The molecule has 0 atom stereocenters. The molecule has 0 bridgehead atoms. The van der Waals surface area contributed by atoms with Crippen LogP contribution in [0.15, 0.2) is 24.3 Å². The predicted molar refractivity (Wildman–Crippen MR) is 93.0 cm³/mol. The number of primary amides is 1. The molecule has 4 N–H and O–H groups in total. The summed E-state index contributed by atoms with van der Waals surface area (Å²) >= 11 is 6.03. The van der Waals surface area contributed by atoms with E-state index in [1.54, 1.807) is 19.9 Å². The summed E-state index contributed by atoms with van der Waals surface area (Å²) in [6.45, 7) is 3.33. The van der Waals surface area contributed by atoms with Crippen LogP contribution in [0.25, 0.3) is 0 Å². The highest BCUT2D eigenvalue weighted by Gasteiger charge is 2.19. The average Bonchev–Trinajstić information content (AvgIpc) is 2.51. The summed E-state index contributed by atoms with van der Waals surface area (Å²) in [5, 5.41) is 12.1. The Bertz CT molecular complexity index is 880. The number of carboxylic acids is 1. The lowest BCUT2D eigenvalue weighted by atomic mass is 10.1. The Morgan fingerprint density at radius 1 is 1.16 bits per heavy atom. The van der Waals surface area contributed by atoms with Crippen LogP contribution in [0.4, 0.5) is 5.69 Å². The van der Waals surface area contributed by atoms with Gasteiger partial charge in [-0.15, -0.1) is 0 Å². The number of aromatic nitrogens is 1. The van der Waals surface area contributed by atoms with Gasteiger partial charge in [0.05, 0.1) is 28.9 Å². The second-order valence-corrected chi connectivity index (χ2v) is 5.84. The van der Waals surface area contributed by atoms with Crippen LogP contribution in [0, 0.1) is 13.8 Å². The van der Waals surface area contributed by atoms with E-state index >= 15 is 0 Å². The van der Waals surface area contributed by atoms with Crippen molar-refractivity contribution in [1.29, 1.82) is 0 Å². The number of rotatable bonds is 5. The Morgan fingerprint density at radius 2 is 1.80 bits per heavy atom. The molecule has 130 valence electrons. The molecule has 0 aliphatic rings. The Hall–Kier alpha value is -2.93. The third-order valence-electron chi connectivity index (χ3n) is 3.60. The van der Waals surface area contributed by atoms with E-state index in [9.17, 15) is 19.5 Å². The van der Waals surface area contributed by atoms with Gasteiger partial charge in [0.15, 0.2) is 0 Å². The highest BCUT2D eigenvalue weighted by Crippen LogP contribution is 2.27. The van der Waals surface area contributed by atoms with Crippen LogP contribution in [-0.2, 0) is 11.2 Å². The molecule has 1 aromatic heterocycles. The monoisotopic (exact) mass is 361 g/mol. The number of aromatic carboxylic acids is 1. The van der Waals surface area contributed by atoms with Crippen molar-refractivity contribution in [3.8, 4) is 0 Å². The Labute approximate surface area is 148 Å². The van der Waals surface area contributed by atoms with Gasteiger partial charge in [-0.1, -0.05) is 11.6 Å². The number of anilines is 1. The summed E-state index contributed by atoms with van der Waals surface area (Å²) < 4.78 is 0. The topological polar surface area (TPSA) is 122 Å². The normalized spacial score (nSPS) is 10.4. The number of nitrogens with zero attached hydrogens (tertiary/aromatic N) is 1. The van der Waals surface area contributed by atoms with Crippen molar-refractivity contribution in [3.05, 3.63) is 57.4 Å². The molecule has 1 aromatic carbocycles. The first-order valence-corrected chi connectivity index (χ1v) is 7.67. The summed E-state index contributed by atoms with van der Waals surface area (Å²) in [4.78, 5) is 39.3. The van der Waals surface area contributed by atoms with E-state index in [0.717, 1.165) is 0 Å². The van der Waals surface area contributed by atoms with Crippen LogP contribution in [0.2, 0.25) is 5.02 Å². The van der Waals surface area contributed by atoms with Crippen LogP contribution in [0.5, 0.6) is 0 Å². The predicted octanol–water partition coefficient (Wildman–Crippen LogP) is 2.33.